The largest absolute Gasteiger partial charge is 0.463 e. The van der Waals surface area contributed by atoms with E-state index in [9.17, 15) is 9.59 Å². The van der Waals surface area contributed by atoms with Crippen LogP contribution in [-0.2, 0) is 19.1 Å². The van der Waals surface area contributed by atoms with Crippen LogP contribution in [0.1, 0.15) is 181 Å². The van der Waals surface area contributed by atoms with Gasteiger partial charge in [-0.25, -0.2) is 4.79 Å². The van der Waals surface area contributed by atoms with Crippen LogP contribution < -0.4 is 0 Å². The number of rotatable bonds is 30. The van der Waals surface area contributed by atoms with Gasteiger partial charge in [0.15, 0.2) is 6.61 Å². The molecule has 224 valence electrons. The molecule has 0 heterocycles. The maximum Gasteiger partial charge on any atom is 0.344 e. The van der Waals surface area contributed by atoms with Crippen LogP contribution >= 0.6 is 0 Å². The Morgan fingerprint density at radius 3 is 1.32 bits per heavy atom. The maximum absolute atomic E-state index is 11.8. The third kappa shape index (κ3) is 30.9. The molecule has 4 nitrogen and oxygen atoms in total. The number of carbonyl (C=O) groups is 2. The molecule has 0 unspecified atom stereocenters. The van der Waals surface area contributed by atoms with Gasteiger partial charge in [-0.3, -0.25) is 4.79 Å². The number of ether oxygens (including phenoxy) is 2. The molecule has 0 amide bonds. The molecule has 0 fully saturated rings. The summed E-state index contributed by atoms with van der Waals surface area (Å²) in [5.41, 5.74) is 0. The van der Waals surface area contributed by atoms with Gasteiger partial charge in [0.25, 0.3) is 0 Å². The third-order valence-corrected chi connectivity index (χ3v) is 7.25. The number of carbonyl (C=O) groups excluding carboxylic acids is 2. The van der Waals surface area contributed by atoms with Crippen molar-refractivity contribution >= 4 is 11.9 Å². The van der Waals surface area contributed by atoms with Gasteiger partial charge in [-0.15, -0.1) is 0 Å². The van der Waals surface area contributed by atoms with E-state index >= 15 is 0 Å². The van der Waals surface area contributed by atoms with E-state index in [2.05, 4.69) is 26.0 Å². The molecule has 0 saturated heterocycles. The van der Waals surface area contributed by atoms with Crippen molar-refractivity contribution in [2.75, 3.05) is 13.2 Å². The summed E-state index contributed by atoms with van der Waals surface area (Å²) in [5, 5.41) is 0. The summed E-state index contributed by atoms with van der Waals surface area (Å²) in [4.78, 5) is 23.5. The SMILES string of the molecule is CCCCCCCCC=CCCCCCCCCCCCC(=O)OCC(=O)OCCCCCCCCCC. The van der Waals surface area contributed by atoms with Crippen LogP contribution in [0.15, 0.2) is 12.2 Å². The zero-order valence-corrected chi connectivity index (χ0v) is 25.6. The lowest BCUT2D eigenvalue weighted by Crippen LogP contribution is -2.16. The van der Waals surface area contributed by atoms with Gasteiger partial charge in [0.1, 0.15) is 0 Å². The van der Waals surface area contributed by atoms with E-state index in [1.807, 2.05) is 0 Å². The van der Waals surface area contributed by atoms with Gasteiger partial charge < -0.3 is 9.47 Å². The average molecular weight is 537 g/mol. The molecule has 0 aromatic rings. The Morgan fingerprint density at radius 1 is 0.447 bits per heavy atom. The highest BCUT2D eigenvalue weighted by Crippen LogP contribution is 2.13. The van der Waals surface area contributed by atoms with E-state index in [1.54, 1.807) is 0 Å². The second kappa shape index (κ2) is 31.9. The predicted molar refractivity (Wildman–Crippen MR) is 162 cm³/mol. The minimum absolute atomic E-state index is 0.245. The summed E-state index contributed by atoms with van der Waals surface area (Å²) in [7, 11) is 0. The normalized spacial score (nSPS) is 11.3. The second-order valence-corrected chi connectivity index (χ2v) is 11.1. The van der Waals surface area contributed by atoms with Crippen LogP contribution in [0, 0.1) is 0 Å². The molecule has 0 aromatic heterocycles. The quantitative estimate of drug-likeness (QED) is 0.0520. The van der Waals surface area contributed by atoms with Crippen LogP contribution in [0.25, 0.3) is 0 Å². The molecule has 0 rings (SSSR count). The fourth-order valence-electron chi connectivity index (χ4n) is 4.72. The lowest BCUT2D eigenvalue weighted by atomic mass is 10.1. The molecule has 0 aliphatic carbocycles. The summed E-state index contributed by atoms with van der Waals surface area (Å²) < 4.78 is 10.2. The number of allylic oxidation sites excluding steroid dienone is 2. The second-order valence-electron chi connectivity index (χ2n) is 11.1. The Bertz CT molecular complexity index is 529. The standard InChI is InChI=1S/C34H64O4/c1-3-5-7-9-11-13-14-15-16-17-18-19-20-21-22-23-24-26-28-30-33(35)38-32-34(36)37-31-29-27-25-12-10-8-6-4-2/h15-16H,3-14,17-32H2,1-2H3. The monoisotopic (exact) mass is 536 g/mol. The van der Waals surface area contributed by atoms with E-state index in [4.69, 9.17) is 9.47 Å². The first-order valence-corrected chi connectivity index (χ1v) is 16.7. The number of unbranched alkanes of at least 4 members (excludes halogenated alkanes) is 22. The van der Waals surface area contributed by atoms with Crippen LogP contribution in [0.2, 0.25) is 0 Å². The van der Waals surface area contributed by atoms with Crippen molar-refractivity contribution in [2.45, 2.75) is 181 Å². The van der Waals surface area contributed by atoms with E-state index < -0.39 is 5.97 Å². The summed E-state index contributed by atoms with van der Waals surface area (Å²) in [6, 6.07) is 0. The van der Waals surface area contributed by atoms with Gasteiger partial charge in [0.05, 0.1) is 6.61 Å². The molecule has 0 aliphatic rings. The third-order valence-electron chi connectivity index (χ3n) is 7.25. The lowest BCUT2D eigenvalue weighted by molar-refractivity contribution is -0.158. The molecule has 4 heteroatoms. The Kier molecular flexibility index (Phi) is 30.8. The molecule has 0 aliphatic heterocycles. The maximum atomic E-state index is 11.8. The molecular formula is C34H64O4. The van der Waals surface area contributed by atoms with Gasteiger partial charge >= 0.3 is 11.9 Å². The number of hydrogen-bond donors (Lipinski definition) is 0. The fraction of sp³-hybridized carbons (Fsp3) is 0.882. The first kappa shape index (κ1) is 36.7. The zero-order chi connectivity index (χ0) is 27.8. The molecule has 0 N–H and O–H groups in total. The molecular weight excluding hydrogens is 472 g/mol. The highest BCUT2D eigenvalue weighted by Gasteiger charge is 2.08. The van der Waals surface area contributed by atoms with Crippen molar-refractivity contribution in [2.24, 2.45) is 0 Å². The fourth-order valence-corrected chi connectivity index (χ4v) is 4.72. The van der Waals surface area contributed by atoms with Gasteiger partial charge in [0.2, 0.25) is 0 Å². The molecule has 0 radical (unpaired) electrons. The Balaban J connectivity index is 3.29. The molecule has 0 saturated carbocycles. The predicted octanol–water partition coefficient (Wildman–Crippen LogP) is 10.8. The van der Waals surface area contributed by atoms with Gasteiger partial charge in [-0.1, -0.05) is 148 Å². The van der Waals surface area contributed by atoms with Crippen molar-refractivity contribution < 1.29 is 19.1 Å². The Labute approximate surface area is 237 Å². The smallest absolute Gasteiger partial charge is 0.344 e. The lowest BCUT2D eigenvalue weighted by Gasteiger charge is -2.06. The summed E-state index contributed by atoms with van der Waals surface area (Å²) in [5.74, 6) is -0.708. The van der Waals surface area contributed by atoms with Gasteiger partial charge in [0, 0.05) is 6.42 Å². The van der Waals surface area contributed by atoms with Crippen molar-refractivity contribution in [3.05, 3.63) is 12.2 Å². The Hall–Kier alpha value is -1.32. The first-order valence-electron chi connectivity index (χ1n) is 16.7. The van der Waals surface area contributed by atoms with Crippen LogP contribution in [0.5, 0.6) is 0 Å². The average Bonchev–Trinajstić information content (AvgIpc) is 2.92. The van der Waals surface area contributed by atoms with Gasteiger partial charge in [-0.05, 0) is 38.5 Å². The van der Waals surface area contributed by atoms with E-state index in [-0.39, 0.29) is 12.6 Å². The van der Waals surface area contributed by atoms with Crippen LogP contribution in [0.4, 0.5) is 0 Å². The molecule has 0 spiro atoms. The van der Waals surface area contributed by atoms with Crippen molar-refractivity contribution in [3.63, 3.8) is 0 Å². The van der Waals surface area contributed by atoms with Crippen molar-refractivity contribution in [1.29, 1.82) is 0 Å². The van der Waals surface area contributed by atoms with E-state index in [0.29, 0.717) is 13.0 Å². The summed E-state index contributed by atoms with van der Waals surface area (Å²) in [6.07, 6.45) is 36.6. The highest BCUT2D eigenvalue weighted by molar-refractivity contribution is 5.76. The zero-order valence-electron chi connectivity index (χ0n) is 25.6. The Morgan fingerprint density at radius 2 is 0.842 bits per heavy atom. The molecule has 38 heavy (non-hydrogen) atoms. The summed E-state index contributed by atoms with van der Waals surface area (Å²) in [6.45, 7) is 4.69. The minimum atomic E-state index is -0.425. The van der Waals surface area contributed by atoms with E-state index in [0.717, 1.165) is 25.7 Å². The van der Waals surface area contributed by atoms with Crippen molar-refractivity contribution in [3.8, 4) is 0 Å². The van der Waals surface area contributed by atoms with E-state index in [1.165, 1.54) is 135 Å². The minimum Gasteiger partial charge on any atom is -0.463 e. The number of hydrogen-bond acceptors (Lipinski definition) is 4. The molecule has 0 bridgehead atoms. The highest BCUT2D eigenvalue weighted by atomic mass is 16.6. The molecule has 0 aromatic carbocycles. The van der Waals surface area contributed by atoms with Crippen molar-refractivity contribution in [1.82, 2.24) is 0 Å². The van der Waals surface area contributed by atoms with Gasteiger partial charge in [-0.2, -0.15) is 0 Å². The first-order chi connectivity index (χ1) is 18.7. The summed E-state index contributed by atoms with van der Waals surface area (Å²) >= 11 is 0. The van der Waals surface area contributed by atoms with Crippen LogP contribution in [-0.4, -0.2) is 25.2 Å². The topological polar surface area (TPSA) is 52.6 Å². The van der Waals surface area contributed by atoms with Crippen LogP contribution in [0.3, 0.4) is 0 Å². The molecule has 0 atom stereocenters. The number of esters is 2.